The Kier molecular flexibility index (Phi) is 9.93. The number of aliphatic hydroxyl groups excluding tert-OH is 1. The highest BCUT2D eigenvalue weighted by Gasteiger charge is 2.15. The predicted octanol–water partition coefficient (Wildman–Crippen LogP) is 6.10. The minimum absolute atomic E-state index is 0.150. The number of methoxy groups -OCH3 is 1. The Morgan fingerprint density at radius 1 is 1.05 bits per heavy atom. The van der Waals surface area contributed by atoms with E-state index >= 15 is 0 Å². The first-order valence-corrected chi connectivity index (χ1v) is 12.7. The number of aromatic nitrogens is 2. The summed E-state index contributed by atoms with van der Waals surface area (Å²) in [4.78, 5) is 9.68. The molecule has 2 aromatic carbocycles. The second kappa shape index (κ2) is 13.1. The van der Waals surface area contributed by atoms with Crippen molar-refractivity contribution in [1.82, 2.24) is 9.97 Å². The van der Waals surface area contributed by atoms with Gasteiger partial charge in [0.05, 0.1) is 25.2 Å². The summed E-state index contributed by atoms with van der Waals surface area (Å²) in [6.45, 7) is 10.3. The van der Waals surface area contributed by atoms with E-state index in [1.165, 1.54) is 11.9 Å². The SMILES string of the molecule is CCOCc1cc(COc2nc(C)nc(C)c2OC)ccc1-c1ccccc1S/N=C(N)\C(C)=C(\C)O. The van der Waals surface area contributed by atoms with Gasteiger partial charge in [-0.2, -0.15) is 9.38 Å². The molecule has 1 aromatic heterocycles. The number of aliphatic hydroxyl groups is 1. The van der Waals surface area contributed by atoms with Crippen molar-refractivity contribution in [3.63, 3.8) is 0 Å². The largest absolute Gasteiger partial charge is 0.512 e. The fourth-order valence-corrected chi connectivity index (χ4v) is 4.36. The fourth-order valence-electron chi connectivity index (χ4n) is 3.61. The first-order valence-electron chi connectivity index (χ1n) is 11.9. The maximum Gasteiger partial charge on any atom is 0.261 e. The first kappa shape index (κ1) is 28.0. The molecule has 196 valence electrons. The molecule has 0 atom stereocenters. The molecule has 1 heterocycles. The minimum Gasteiger partial charge on any atom is -0.512 e. The molecule has 8 nitrogen and oxygen atoms in total. The molecule has 3 N–H and O–H groups in total. The highest BCUT2D eigenvalue weighted by Crippen LogP contribution is 2.35. The Bertz CT molecular complexity index is 1300. The zero-order chi connectivity index (χ0) is 26.9. The highest BCUT2D eigenvalue weighted by molar-refractivity contribution is 7.98. The molecule has 0 saturated heterocycles. The first-order chi connectivity index (χ1) is 17.7. The van der Waals surface area contributed by atoms with Crippen LogP contribution in [0, 0.1) is 13.8 Å². The number of hydrogen-bond donors (Lipinski definition) is 2. The molecule has 0 fully saturated rings. The van der Waals surface area contributed by atoms with Crippen LogP contribution >= 0.6 is 11.9 Å². The lowest BCUT2D eigenvalue weighted by molar-refractivity contribution is 0.134. The van der Waals surface area contributed by atoms with Gasteiger partial charge in [0.15, 0.2) is 0 Å². The zero-order valence-corrected chi connectivity index (χ0v) is 23.0. The molecule has 0 aliphatic heterocycles. The molecule has 0 spiro atoms. The summed E-state index contributed by atoms with van der Waals surface area (Å²) in [6, 6.07) is 14.2. The van der Waals surface area contributed by atoms with Crippen LogP contribution < -0.4 is 15.2 Å². The number of hydrogen-bond acceptors (Lipinski definition) is 8. The Morgan fingerprint density at radius 3 is 2.51 bits per heavy atom. The van der Waals surface area contributed by atoms with Crippen molar-refractivity contribution in [2.45, 2.75) is 52.7 Å². The Balaban J connectivity index is 1.93. The summed E-state index contributed by atoms with van der Waals surface area (Å²) in [5.41, 5.74) is 11.4. The third kappa shape index (κ3) is 7.24. The minimum atomic E-state index is 0.150. The molecule has 0 aliphatic carbocycles. The smallest absolute Gasteiger partial charge is 0.261 e. The van der Waals surface area contributed by atoms with Crippen LogP contribution in [0.25, 0.3) is 11.1 Å². The summed E-state index contributed by atoms with van der Waals surface area (Å²) in [5, 5.41) is 9.71. The number of benzene rings is 2. The van der Waals surface area contributed by atoms with Crippen LogP contribution in [0.4, 0.5) is 0 Å². The monoisotopic (exact) mass is 522 g/mol. The van der Waals surface area contributed by atoms with Crippen molar-refractivity contribution in [3.05, 3.63) is 76.4 Å². The summed E-state index contributed by atoms with van der Waals surface area (Å²) in [7, 11) is 1.58. The second-order valence-corrected chi connectivity index (χ2v) is 9.19. The van der Waals surface area contributed by atoms with Gasteiger partial charge >= 0.3 is 0 Å². The van der Waals surface area contributed by atoms with Crippen molar-refractivity contribution in [2.24, 2.45) is 10.1 Å². The van der Waals surface area contributed by atoms with Gasteiger partial charge in [0, 0.05) is 29.0 Å². The van der Waals surface area contributed by atoms with Gasteiger partial charge < -0.3 is 25.1 Å². The topological polar surface area (TPSA) is 112 Å². The average Bonchev–Trinajstić information content (AvgIpc) is 2.88. The molecule has 3 rings (SSSR count). The highest BCUT2D eigenvalue weighted by atomic mass is 32.2. The lowest BCUT2D eigenvalue weighted by atomic mass is 9.98. The van der Waals surface area contributed by atoms with Crippen LogP contribution in [0.3, 0.4) is 0 Å². The second-order valence-electron chi connectivity index (χ2n) is 8.39. The van der Waals surface area contributed by atoms with Gasteiger partial charge in [0.1, 0.15) is 18.3 Å². The lowest BCUT2D eigenvalue weighted by Gasteiger charge is -2.16. The Hall–Kier alpha value is -3.56. The van der Waals surface area contributed by atoms with E-state index in [4.69, 9.17) is 19.9 Å². The number of ether oxygens (including phenoxy) is 3. The van der Waals surface area contributed by atoms with E-state index in [9.17, 15) is 5.11 Å². The predicted molar refractivity (Wildman–Crippen MR) is 148 cm³/mol. The van der Waals surface area contributed by atoms with Crippen molar-refractivity contribution >= 4 is 17.8 Å². The molecule has 37 heavy (non-hydrogen) atoms. The van der Waals surface area contributed by atoms with E-state index in [-0.39, 0.29) is 11.6 Å². The Labute approximate surface area is 222 Å². The number of nitrogens with two attached hydrogens (primary N) is 1. The molecule has 9 heteroatoms. The van der Waals surface area contributed by atoms with Crippen LogP contribution in [0.15, 0.2) is 63.1 Å². The van der Waals surface area contributed by atoms with Crippen molar-refractivity contribution in [1.29, 1.82) is 0 Å². The van der Waals surface area contributed by atoms with E-state index in [1.54, 1.807) is 21.0 Å². The van der Waals surface area contributed by atoms with E-state index in [0.29, 0.717) is 42.8 Å². The summed E-state index contributed by atoms with van der Waals surface area (Å²) < 4.78 is 21.7. The van der Waals surface area contributed by atoms with Crippen LogP contribution in [0.1, 0.15) is 43.4 Å². The molecule has 0 unspecified atom stereocenters. The summed E-state index contributed by atoms with van der Waals surface area (Å²) in [5.74, 6) is 2.01. The van der Waals surface area contributed by atoms with E-state index in [1.807, 2.05) is 51.1 Å². The summed E-state index contributed by atoms with van der Waals surface area (Å²) >= 11 is 1.27. The molecule has 3 aromatic rings. The number of aryl methyl sites for hydroxylation is 2. The van der Waals surface area contributed by atoms with Gasteiger partial charge in [-0.1, -0.05) is 30.3 Å². The molecular weight excluding hydrogens is 488 g/mol. The third-order valence-electron chi connectivity index (χ3n) is 5.67. The molecule has 0 amide bonds. The van der Waals surface area contributed by atoms with E-state index < -0.39 is 0 Å². The van der Waals surface area contributed by atoms with Gasteiger partial charge in [-0.25, -0.2) is 4.98 Å². The molecule has 0 radical (unpaired) electrons. The van der Waals surface area contributed by atoms with Crippen molar-refractivity contribution in [3.8, 4) is 22.8 Å². The lowest BCUT2D eigenvalue weighted by Crippen LogP contribution is -2.13. The van der Waals surface area contributed by atoms with Gasteiger partial charge in [-0.3, -0.25) is 0 Å². The van der Waals surface area contributed by atoms with Crippen LogP contribution in [0.2, 0.25) is 0 Å². The maximum absolute atomic E-state index is 9.71. The van der Waals surface area contributed by atoms with Gasteiger partial charge in [0.2, 0.25) is 5.75 Å². The van der Waals surface area contributed by atoms with Crippen molar-refractivity contribution < 1.29 is 19.3 Å². The third-order valence-corrected chi connectivity index (χ3v) is 6.51. The van der Waals surface area contributed by atoms with E-state index in [0.717, 1.165) is 32.8 Å². The fraction of sp³-hybridized carbons (Fsp3) is 0.321. The maximum atomic E-state index is 9.71. The molecule has 0 saturated carbocycles. The average molecular weight is 523 g/mol. The quantitative estimate of drug-likeness (QED) is 0.134. The number of amidine groups is 1. The van der Waals surface area contributed by atoms with Crippen LogP contribution in [0.5, 0.6) is 11.6 Å². The van der Waals surface area contributed by atoms with Crippen LogP contribution in [-0.4, -0.2) is 34.6 Å². The standard InChI is InChI=1S/C28H34N4O4S/c1-7-35-16-22-14-21(15-36-28-26(34-6)18(3)30-20(5)31-28)12-13-23(22)24-10-8-9-11-25(24)37-32-27(29)17(2)19(4)33/h8-14,33H,7,15-16H2,1-6H3,(H2,29,32)/b19-17-. The number of rotatable bonds is 11. The molecular formula is C28H34N4O4S. The molecule has 0 bridgehead atoms. The Morgan fingerprint density at radius 2 is 1.81 bits per heavy atom. The van der Waals surface area contributed by atoms with Crippen LogP contribution in [-0.2, 0) is 18.0 Å². The van der Waals surface area contributed by atoms with Gasteiger partial charge in [-0.15, -0.1) is 0 Å². The normalized spacial score (nSPS) is 12.3. The molecule has 0 aliphatic rings. The number of nitrogens with zero attached hydrogens (tertiary/aromatic N) is 3. The van der Waals surface area contributed by atoms with Gasteiger partial charge in [0.25, 0.3) is 5.88 Å². The van der Waals surface area contributed by atoms with Gasteiger partial charge in [-0.05, 0) is 69.0 Å². The summed E-state index contributed by atoms with van der Waals surface area (Å²) in [6.07, 6.45) is 0. The number of allylic oxidation sites excluding steroid dienone is 1. The zero-order valence-electron chi connectivity index (χ0n) is 22.2. The van der Waals surface area contributed by atoms with E-state index in [2.05, 4.69) is 26.5 Å². The van der Waals surface area contributed by atoms with Crippen molar-refractivity contribution in [2.75, 3.05) is 13.7 Å².